The number of aryl methyl sites for hydroxylation is 3. The van der Waals surface area contributed by atoms with Gasteiger partial charge in [-0.15, -0.1) is 0 Å². The van der Waals surface area contributed by atoms with Crippen molar-refractivity contribution in [1.29, 1.82) is 0 Å². The molecule has 0 bridgehead atoms. The molecule has 1 atom stereocenters. The number of aromatic nitrogens is 7. The van der Waals surface area contributed by atoms with Crippen LogP contribution in [0.3, 0.4) is 0 Å². The molecule has 0 aliphatic heterocycles. The molecule has 0 saturated carbocycles. The van der Waals surface area contributed by atoms with Gasteiger partial charge in [-0.25, -0.2) is 24.9 Å². The standard InChI is InChI=1S/C21H23N9OS/c1-12-6-20(27-14(3)26-12)28-18-8-19(24-11-23-18)29-21-17(32(5)31)7-15(9-22-21)16-10-25-30(4)13(16)2/h6-11H,1-5H3,(H2,22,23,24,26,27,28,29). The summed E-state index contributed by atoms with van der Waals surface area (Å²) in [6.07, 6.45) is 6.56. The third-order valence-corrected chi connectivity index (χ3v) is 5.77. The fourth-order valence-electron chi connectivity index (χ4n) is 3.21. The van der Waals surface area contributed by atoms with Gasteiger partial charge in [-0.1, -0.05) is 0 Å². The highest BCUT2D eigenvalue weighted by atomic mass is 32.2. The molecule has 11 heteroatoms. The van der Waals surface area contributed by atoms with Gasteiger partial charge < -0.3 is 15.2 Å². The maximum absolute atomic E-state index is 12.5. The zero-order chi connectivity index (χ0) is 22.8. The number of hydrogen-bond acceptors (Lipinski definition) is 9. The summed E-state index contributed by atoms with van der Waals surface area (Å²) in [7, 11) is 1.88. The van der Waals surface area contributed by atoms with Crippen molar-refractivity contribution in [3.8, 4) is 11.1 Å². The number of anilines is 4. The zero-order valence-electron chi connectivity index (χ0n) is 18.4. The smallest absolute Gasteiger partial charge is 0.195 e. The van der Waals surface area contributed by atoms with Crippen LogP contribution in [0.1, 0.15) is 17.2 Å². The highest BCUT2D eigenvalue weighted by Crippen LogP contribution is 2.29. The summed E-state index contributed by atoms with van der Waals surface area (Å²) in [5, 5.41) is 10.6. The third kappa shape index (κ3) is 4.68. The number of pyridine rings is 1. The molecule has 4 aromatic rings. The molecular formula is C21H23N9OS. The van der Waals surface area contributed by atoms with Gasteiger partial charge >= 0.3 is 0 Å². The fourth-order valence-corrected chi connectivity index (χ4v) is 3.88. The molecule has 10 nitrogen and oxygen atoms in total. The van der Waals surface area contributed by atoms with Gasteiger partial charge in [0.25, 0.3) is 0 Å². The van der Waals surface area contributed by atoms with E-state index in [2.05, 4.69) is 40.7 Å². The highest BCUT2D eigenvalue weighted by Gasteiger charge is 2.18. The molecule has 4 aromatic heterocycles. The van der Waals surface area contributed by atoms with Crippen LogP contribution in [0.2, 0.25) is 0 Å². The van der Waals surface area contributed by atoms with Crippen molar-refractivity contribution >= 4 is 34.4 Å². The van der Waals surface area contributed by atoms with E-state index in [1.165, 1.54) is 6.33 Å². The Labute approximate surface area is 188 Å². The zero-order valence-corrected chi connectivity index (χ0v) is 19.2. The monoisotopic (exact) mass is 449 g/mol. The third-order valence-electron chi connectivity index (χ3n) is 4.84. The number of nitrogens with zero attached hydrogens (tertiary/aromatic N) is 7. The molecule has 1 unspecified atom stereocenters. The SMILES string of the molecule is Cc1cc(Nc2cc(Nc3ncc(-c4cnn(C)c4C)cc3[S+](C)[O-])ncn2)nc(C)n1. The summed E-state index contributed by atoms with van der Waals surface area (Å²) in [5.41, 5.74) is 3.66. The Morgan fingerprint density at radius 3 is 2.31 bits per heavy atom. The van der Waals surface area contributed by atoms with E-state index in [1.54, 1.807) is 29.4 Å². The minimum Gasteiger partial charge on any atom is -0.612 e. The van der Waals surface area contributed by atoms with Crippen molar-refractivity contribution in [1.82, 2.24) is 34.7 Å². The minimum absolute atomic E-state index is 0.467. The van der Waals surface area contributed by atoms with Crippen LogP contribution in [0.4, 0.5) is 23.3 Å². The quantitative estimate of drug-likeness (QED) is 0.426. The molecule has 0 spiro atoms. The topological polar surface area (TPSA) is 129 Å². The second-order valence-electron chi connectivity index (χ2n) is 7.27. The summed E-state index contributed by atoms with van der Waals surface area (Å²) in [6, 6.07) is 5.43. The molecule has 0 fully saturated rings. The van der Waals surface area contributed by atoms with Crippen LogP contribution in [0.15, 0.2) is 41.8 Å². The van der Waals surface area contributed by atoms with Gasteiger partial charge in [-0.3, -0.25) is 4.68 Å². The molecule has 0 aliphatic carbocycles. The number of hydrogen-bond donors (Lipinski definition) is 2. The lowest BCUT2D eigenvalue weighted by Crippen LogP contribution is -2.07. The predicted octanol–water partition coefficient (Wildman–Crippen LogP) is 3.21. The van der Waals surface area contributed by atoms with Crippen LogP contribution in [0, 0.1) is 20.8 Å². The first-order chi connectivity index (χ1) is 15.3. The van der Waals surface area contributed by atoms with Crippen LogP contribution in [-0.2, 0) is 18.2 Å². The van der Waals surface area contributed by atoms with Crippen LogP contribution < -0.4 is 10.6 Å². The molecule has 0 saturated heterocycles. The molecule has 0 aromatic carbocycles. The van der Waals surface area contributed by atoms with E-state index in [0.29, 0.717) is 34.0 Å². The fraction of sp³-hybridized carbons (Fsp3) is 0.238. The Bertz CT molecular complexity index is 1250. The van der Waals surface area contributed by atoms with Crippen LogP contribution in [-0.4, -0.2) is 45.5 Å². The average molecular weight is 450 g/mol. The summed E-state index contributed by atoms with van der Waals surface area (Å²) < 4.78 is 14.2. The van der Waals surface area contributed by atoms with E-state index in [1.807, 2.05) is 40.0 Å². The van der Waals surface area contributed by atoms with Crippen molar-refractivity contribution in [3.63, 3.8) is 0 Å². The van der Waals surface area contributed by atoms with E-state index in [0.717, 1.165) is 22.5 Å². The first kappa shape index (κ1) is 21.7. The van der Waals surface area contributed by atoms with Gasteiger partial charge in [0.2, 0.25) is 0 Å². The first-order valence-corrected chi connectivity index (χ1v) is 11.4. The van der Waals surface area contributed by atoms with Crippen LogP contribution in [0.5, 0.6) is 0 Å². The molecule has 4 heterocycles. The van der Waals surface area contributed by atoms with Crippen molar-refractivity contribution in [3.05, 3.63) is 54.1 Å². The Morgan fingerprint density at radius 1 is 0.906 bits per heavy atom. The molecule has 0 amide bonds. The summed E-state index contributed by atoms with van der Waals surface area (Å²) in [5.74, 6) is 2.85. The highest BCUT2D eigenvalue weighted by molar-refractivity contribution is 7.90. The van der Waals surface area contributed by atoms with E-state index in [9.17, 15) is 4.55 Å². The molecule has 164 valence electrons. The molecule has 4 rings (SSSR count). The lowest BCUT2D eigenvalue weighted by Gasteiger charge is -2.13. The van der Waals surface area contributed by atoms with Gasteiger partial charge in [-0.05, 0) is 31.9 Å². The van der Waals surface area contributed by atoms with Gasteiger partial charge in [-0.2, -0.15) is 5.10 Å². The number of nitrogens with one attached hydrogen (secondary N) is 2. The molecular weight excluding hydrogens is 426 g/mol. The van der Waals surface area contributed by atoms with E-state index < -0.39 is 11.2 Å². The molecule has 0 radical (unpaired) electrons. The maximum Gasteiger partial charge on any atom is 0.195 e. The van der Waals surface area contributed by atoms with Crippen molar-refractivity contribution in [2.24, 2.45) is 7.05 Å². The lowest BCUT2D eigenvalue weighted by molar-refractivity contribution is 0.601. The van der Waals surface area contributed by atoms with Crippen molar-refractivity contribution in [2.75, 3.05) is 16.9 Å². The second-order valence-corrected chi connectivity index (χ2v) is 8.62. The normalized spacial score (nSPS) is 11.9. The molecule has 2 N–H and O–H groups in total. The van der Waals surface area contributed by atoms with Crippen LogP contribution >= 0.6 is 0 Å². The van der Waals surface area contributed by atoms with E-state index in [4.69, 9.17) is 0 Å². The Balaban J connectivity index is 1.61. The minimum atomic E-state index is -1.27. The second kappa shape index (κ2) is 8.89. The Hall–Kier alpha value is -3.57. The lowest BCUT2D eigenvalue weighted by atomic mass is 10.1. The number of rotatable bonds is 6. The van der Waals surface area contributed by atoms with Crippen molar-refractivity contribution in [2.45, 2.75) is 25.7 Å². The summed E-state index contributed by atoms with van der Waals surface area (Å²) in [6.45, 7) is 5.72. The Kier molecular flexibility index (Phi) is 6.01. The van der Waals surface area contributed by atoms with Gasteiger partial charge in [0.1, 0.15) is 35.9 Å². The summed E-state index contributed by atoms with van der Waals surface area (Å²) in [4.78, 5) is 22.2. The van der Waals surface area contributed by atoms with Gasteiger partial charge in [0.15, 0.2) is 10.7 Å². The van der Waals surface area contributed by atoms with Gasteiger partial charge in [0, 0.05) is 54.0 Å². The van der Waals surface area contributed by atoms with E-state index in [-0.39, 0.29) is 0 Å². The summed E-state index contributed by atoms with van der Waals surface area (Å²) >= 11 is -1.27. The first-order valence-electron chi connectivity index (χ1n) is 9.81. The van der Waals surface area contributed by atoms with Gasteiger partial charge in [0.05, 0.1) is 6.20 Å². The van der Waals surface area contributed by atoms with Crippen molar-refractivity contribution < 1.29 is 4.55 Å². The predicted molar refractivity (Wildman–Crippen MR) is 124 cm³/mol. The maximum atomic E-state index is 12.5. The Morgan fingerprint density at radius 2 is 1.66 bits per heavy atom. The molecule has 32 heavy (non-hydrogen) atoms. The van der Waals surface area contributed by atoms with Crippen LogP contribution in [0.25, 0.3) is 11.1 Å². The largest absolute Gasteiger partial charge is 0.612 e. The average Bonchev–Trinajstić information content (AvgIpc) is 3.06. The van der Waals surface area contributed by atoms with E-state index >= 15 is 0 Å². The molecule has 0 aliphatic rings.